The molecule has 6 nitrogen and oxygen atoms in total. The Bertz CT molecular complexity index is 1130. The number of carbonyl (C=O) groups excluding carboxylic acids is 3. The minimum atomic E-state index is -0.602. The van der Waals surface area contributed by atoms with Crippen LogP contribution in [0.25, 0.3) is 0 Å². The van der Waals surface area contributed by atoms with Gasteiger partial charge in [0.1, 0.15) is 5.37 Å². The number of amides is 3. The normalized spacial score (nSPS) is 15.6. The summed E-state index contributed by atoms with van der Waals surface area (Å²) < 4.78 is 0. The lowest BCUT2D eigenvalue weighted by Gasteiger charge is -2.24. The van der Waals surface area contributed by atoms with Crippen molar-refractivity contribution in [3.8, 4) is 0 Å². The first-order valence-corrected chi connectivity index (χ1v) is 11.3. The van der Waals surface area contributed by atoms with Gasteiger partial charge in [0.15, 0.2) is 0 Å². The Hall–Kier alpha value is -3.58. The Labute approximate surface area is 190 Å². The summed E-state index contributed by atoms with van der Waals surface area (Å²) >= 11 is 1.59. The quantitative estimate of drug-likeness (QED) is 0.578. The van der Waals surface area contributed by atoms with E-state index >= 15 is 0 Å². The van der Waals surface area contributed by atoms with Gasteiger partial charge in [-0.05, 0) is 41.8 Å². The molecule has 32 heavy (non-hydrogen) atoms. The van der Waals surface area contributed by atoms with Gasteiger partial charge in [0.2, 0.25) is 5.91 Å². The number of nitrogens with two attached hydrogens (primary N) is 1. The van der Waals surface area contributed by atoms with E-state index in [1.165, 1.54) is 5.56 Å². The van der Waals surface area contributed by atoms with Crippen LogP contribution in [0.1, 0.15) is 37.2 Å². The molecule has 1 aliphatic rings. The predicted octanol–water partition coefficient (Wildman–Crippen LogP) is 3.85. The number of rotatable bonds is 7. The molecule has 0 spiro atoms. The third kappa shape index (κ3) is 4.84. The van der Waals surface area contributed by atoms with Gasteiger partial charge in [-0.1, -0.05) is 54.6 Å². The summed E-state index contributed by atoms with van der Waals surface area (Å²) in [6.07, 6.45) is 0.795. The first kappa shape index (κ1) is 21.6. The topological polar surface area (TPSA) is 92.5 Å². The second-order valence-electron chi connectivity index (χ2n) is 7.47. The molecule has 0 unspecified atom stereocenters. The average molecular weight is 446 g/mol. The Morgan fingerprint density at radius 3 is 2.38 bits per heavy atom. The molecular weight excluding hydrogens is 422 g/mol. The average Bonchev–Trinajstić information content (AvgIpc) is 3.19. The van der Waals surface area contributed by atoms with Crippen molar-refractivity contribution in [1.82, 2.24) is 4.90 Å². The predicted molar refractivity (Wildman–Crippen MR) is 126 cm³/mol. The van der Waals surface area contributed by atoms with E-state index in [-0.39, 0.29) is 22.8 Å². The van der Waals surface area contributed by atoms with Gasteiger partial charge in [-0.3, -0.25) is 14.4 Å². The minimum absolute atomic E-state index is 0.0705. The Morgan fingerprint density at radius 2 is 1.66 bits per heavy atom. The number of nitrogens with zero attached hydrogens (tertiary/aromatic N) is 1. The third-order valence-electron chi connectivity index (χ3n) is 5.35. The van der Waals surface area contributed by atoms with E-state index in [2.05, 4.69) is 17.4 Å². The lowest BCUT2D eigenvalue weighted by Crippen LogP contribution is -2.30. The number of para-hydroxylation sites is 1. The maximum atomic E-state index is 12.7. The maximum Gasteiger partial charge on any atom is 0.255 e. The van der Waals surface area contributed by atoms with E-state index in [1.807, 2.05) is 35.2 Å². The molecule has 4 rings (SSSR count). The fourth-order valence-electron chi connectivity index (χ4n) is 3.67. The molecule has 0 bridgehead atoms. The second kappa shape index (κ2) is 9.70. The largest absolute Gasteiger partial charge is 0.366 e. The molecule has 0 aliphatic carbocycles. The number of hydrogen-bond acceptors (Lipinski definition) is 4. The molecule has 1 atom stereocenters. The zero-order valence-electron chi connectivity index (χ0n) is 17.4. The van der Waals surface area contributed by atoms with Crippen molar-refractivity contribution < 1.29 is 14.4 Å². The molecule has 3 amide bonds. The summed E-state index contributed by atoms with van der Waals surface area (Å²) in [6.45, 7) is 0.645. The van der Waals surface area contributed by atoms with Crippen LogP contribution in [0.2, 0.25) is 0 Å². The molecule has 0 radical (unpaired) electrons. The van der Waals surface area contributed by atoms with Crippen molar-refractivity contribution in [2.75, 3.05) is 17.6 Å². The molecule has 7 heteroatoms. The van der Waals surface area contributed by atoms with E-state index in [1.54, 1.807) is 48.2 Å². The summed E-state index contributed by atoms with van der Waals surface area (Å²) in [4.78, 5) is 38.6. The van der Waals surface area contributed by atoms with Gasteiger partial charge in [-0.25, -0.2) is 0 Å². The monoisotopic (exact) mass is 445 g/mol. The smallest absolute Gasteiger partial charge is 0.255 e. The first-order valence-electron chi connectivity index (χ1n) is 10.3. The Morgan fingerprint density at radius 1 is 0.969 bits per heavy atom. The molecular formula is C25H23N3O3S. The van der Waals surface area contributed by atoms with Crippen molar-refractivity contribution in [1.29, 1.82) is 0 Å². The number of primary amides is 1. The molecule has 1 saturated heterocycles. The summed E-state index contributed by atoms with van der Waals surface area (Å²) in [5.74, 6) is -0.358. The molecule has 3 aromatic rings. The van der Waals surface area contributed by atoms with E-state index < -0.39 is 5.91 Å². The van der Waals surface area contributed by atoms with Gasteiger partial charge in [0, 0.05) is 12.1 Å². The fourth-order valence-corrected chi connectivity index (χ4v) is 4.89. The third-order valence-corrected chi connectivity index (χ3v) is 6.61. The maximum absolute atomic E-state index is 12.7. The lowest BCUT2D eigenvalue weighted by molar-refractivity contribution is -0.128. The van der Waals surface area contributed by atoms with Gasteiger partial charge in [0.05, 0.1) is 17.0 Å². The molecule has 1 heterocycles. The van der Waals surface area contributed by atoms with Crippen LogP contribution in [0, 0.1) is 0 Å². The van der Waals surface area contributed by atoms with Gasteiger partial charge in [0.25, 0.3) is 11.8 Å². The summed E-state index contributed by atoms with van der Waals surface area (Å²) in [6, 6.07) is 23.9. The van der Waals surface area contributed by atoms with Gasteiger partial charge in [-0.15, -0.1) is 11.8 Å². The van der Waals surface area contributed by atoms with E-state index in [0.717, 1.165) is 12.0 Å². The minimum Gasteiger partial charge on any atom is -0.366 e. The highest BCUT2D eigenvalue weighted by molar-refractivity contribution is 8.00. The number of hydrogen-bond donors (Lipinski definition) is 2. The van der Waals surface area contributed by atoms with E-state index in [9.17, 15) is 14.4 Å². The highest BCUT2D eigenvalue weighted by atomic mass is 32.2. The van der Waals surface area contributed by atoms with Crippen molar-refractivity contribution in [2.45, 2.75) is 11.8 Å². The van der Waals surface area contributed by atoms with Crippen LogP contribution in [-0.2, 0) is 11.2 Å². The molecule has 1 aliphatic heterocycles. The highest BCUT2D eigenvalue weighted by Gasteiger charge is 2.32. The van der Waals surface area contributed by atoms with E-state index in [4.69, 9.17) is 5.73 Å². The SMILES string of the molecule is NC(=O)c1ccccc1NC(=O)c1ccc([C@H]2SCC(=O)N2CCc2ccccc2)cc1. The number of anilines is 1. The second-order valence-corrected chi connectivity index (χ2v) is 8.54. The molecule has 3 aromatic carbocycles. The van der Waals surface area contributed by atoms with Crippen LogP contribution in [-0.4, -0.2) is 34.9 Å². The standard InChI is InChI=1S/C25H23N3O3S/c26-23(30)20-8-4-5-9-21(20)27-24(31)18-10-12-19(13-11-18)25-28(22(29)16-32-25)15-14-17-6-2-1-3-7-17/h1-13,25H,14-16H2,(H2,26,30)(H,27,31)/t25-/m1/s1. The molecule has 1 fully saturated rings. The van der Waals surface area contributed by atoms with Crippen molar-refractivity contribution in [2.24, 2.45) is 5.73 Å². The fraction of sp³-hybridized carbons (Fsp3) is 0.160. The van der Waals surface area contributed by atoms with Crippen molar-refractivity contribution in [3.63, 3.8) is 0 Å². The Kier molecular flexibility index (Phi) is 6.56. The van der Waals surface area contributed by atoms with Gasteiger partial charge >= 0.3 is 0 Å². The van der Waals surface area contributed by atoms with E-state index in [0.29, 0.717) is 23.5 Å². The van der Waals surface area contributed by atoms with Crippen LogP contribution in [0.5, 0.6) is 0 Å². The van der Waals surface area contributed by atoms with Crippen LogP contribution < -0.4 is 11.1 Å². The van der Waals surface area contributed by atoms with Gasteiger partial charge < -0.3 is 16.0 Å². The van der Waals surface area contributed by atoms with Gasteiger partial charge in [-0.2, -0.15) is 0 Å². The number of thioether (sulfide) groups is 1. The van der Waals surface area contributed by atoms with Crippen molar-refractivity contribution >= 4 is 35.2 Å². The van der Waals surface area contributed by atoms with Crippen LogP contribution in [0.3, 0.4) is 0 Å². The molecule has 162 valence electrons. The molecule has 0 saturated carbocycles. The lowest BCUT2D eigenvalue weighted by atomic mass is 10.1. The summed E-state index contributed by atoms with van der Waals surface area (Å²) in [5.41, 5.74) is 8.64. The molecule has 3 N–H and O–H groups in total. The number of benzene rings is 3. The zero-order chi connectivity index (χ0) is 22.5. The first-order chi connectivity index (χ1) is 15.5. The highest BCUT2D eigenvalue weighted by Crippen LogP contribution is 2.38. The van der Waals surface area contributed by atoms with Crippen molar-refractivity contribution in [3.05, 3.63) is 101 Å². The zero-order valence-corrected chi connectivity index (χ0v) is 18.2. The van der Waals surface area contributed by atoms with Crippen LogP contribution in [0.15, 0.2) is 78.9 Å². The summed E-state index contributed by atoms with van der Waals surface area (Å²) in [5, 5.41) is 2.67. The molecule has 0 aromatic heterocycles. The number of carbonyl (C=O) groups is 3. The Balaban J connectivity index is 1.45. The summed E-state index contributed by atoms with van der Waals surface area (Å²) in [7, 11) is 0. The van der Waals surface area contributed by atoms with Crippen LogP contribution >= 0.6 is 11.8 Å². The number of nitrogens with one attached hydrogen (secondary N) is 1. The van der Waals surface area contributed by atoms with Crippen LogP contribution in [0.4, 0.5) is 5.69 Å².